The van der Waals surface area contributed by atoms with Crippen LogP contribution in [-0.2, 0) is 14.3 Å². The first-order chi connectivity index (χ1) is 16.8. The number of aliphatic hydroxyl groups is 1. The minimum absolute atomic E-state index is 0.0300. The van der Waals surface area contributed by atoms with E-state index in [1.54, 1.807) is 12.1 Å². The molecule has 0 spiro atoms. The van der Waals surface area contributed by atoms with Crippen molar-refractivity contribution in [2.24, 2.45) is 0 Å². The van der Waals surface area contributed by atoms with Gasteiger partial charge >= 0.3 is 6.18 Å². The normalized spacial score (nSPS) is 16.5. The van der Waals surface area contributed by atoms with Gasteiger partial charge in [0.25, 0.3) is 5.91 Å². The molecule has 1 fully saturated rings. The van der Waals surface area contributed by atoms with Crippen LogP contribution in [0.4, 0.5) is 18.9 Å². The van der Waals surface area contributed by atoms with Gasteiger partial charge in [-0.05, 0) is 47.9 Å². The predicted octanol–water partition coefficient (Wildman–Crippen LogP) is 3.42. The smallest absolute Gasteiger partial charge is 0.394 e. The number of hydrogen-bond donors (Lipinski definition) is 2. The van der Waals surface area contributed by atoms with Crippen molar-refractivity contribution < 1.29 is 32.5 Å². The number of fused-ring (bicyclic) bond motifs is 1. The molecule has 1 atom stereocenters. The second-order valence-electron chi connectivity index (χ2n) is 8.14. The molecule has 1 heterocycles. The van der Waals surface area contributed by atoms with Crippen LogP contribution in [-0.4, -0.2) is 69.4 Å². The number of hydrogen-bond acceptors (Lipinski definition) is 6. The number of nitrogens with zero attached hydrogens (tertiary/aromatic N) is 2. The van der Waals surface area contributed by atoms with E-state index in [1.807, 2.05) is 12.1 Å². The minimum atomic E-state index is -4.91. The number of nitriles is 1. The zero-order valence-corrected chi connectivity index (χ0v) is 19.4. The fourth-order valence-corrected chi connectivity index (χ4v) is 3.85. The summed E-state index contributed by atoms with van der Waals surface area (Å²) in [6, 6.07) is 11.6. The van der Waals surface area contributed by atoms with Crippen molar-refractivity contribution in [1.82, 2.24) is 5.32 Å². The van der Waals surface area contributed by atoms with Crippen LogP contribution in [0, 0.1) is 11.3 Å². The lowest BCUT2D eigenvalue weighted by Crippen LogP contribution is -2.45. The van der Waals surface area contributed by atoms with Crippen LogP contribution in [0.5, 0.6) is 0 Å². The van der Waals surface area contributed by atoms with E-state index in [1.165, 1.54) is 18.2 Å². The van der Waals surface area contributed by atoms with E-state index in [0.717, 1.165) is 24.0 Å². The third kappa shape index (κ3) is 6.72. The summed E-state index contributed by atoms with van der Waals surface area (Å²) < 4.78 is 52.2. The SMILES string of the molecule is CC1CCN1c1ccc2cc(/C(=C(\C#N)C(=O)NCCOCCOCCO)C(F)(F)F)ccc2c1. The van der Waals surface area contributed by atoms with Gasteiger partial charge in [-0.2, -0.15) is 18.4 Å². The van der Waals surface area contributed by atoms with Gasteiger partial charge in [0.05, 0.1) is 38.6 Å². The monoisotopic (exact) mass is 491 g/mol. The van der Waals surface area contributed by atoms with Crippen LogP contribution >= 0.6 is 0 Å². The number of anilines is 1. The van der Waals surface area contributed by atoms with E-state index < -0.39 is 23.2 Å². The van der Waals surface area contributed by atoms with Crippen LogP contribution < -0.4 is 10.2 Å². The average Bonchev–Trinajstić information content (AvgIpc) is 2.82. The molecule has 1 saturated heterocycles. The first-order valence-electron chi connectivity index (χ1n) is 11.3. The molecule has 35 heavy (non-hydrogen) atoms. The quantitative estimate of drug-likeness (QED) is 0.284. The van der Waals surface area contributed by atoms with Crippen LogP contribution in [0.3, 0.4) is 0 Å². The Morgan fingerprint density at radius 3 is 2.43 bits per heavy atom. The zero-order chi connectivity index (χ0) is 25.4. The van der Waals surface area contributed by atoms with Gasteiger partial charge in [0.1, 0.15) is 11.6 Å². The number of rotatable bonds is 11. The number of carbonyl (C=O) groups is 1. The van der Waals surface area contributed by atoms with Crippen molar-refractivity contribution in [3.8, 4) is 6.07 Å². The number of aliphatic hydroxyl groups excluding tert-OH is 1. The van der Waals surface area contributed by atoms with E-state index in [4.69, 9.17) is 14.6 Å². The van der Waals surface area contributed by atoms with Gasteiger partial charge in [-0.3, -0.25) is 4.79 Å². The summed E-state index contributed by atoms with van der Waals surface area (Å²) in [5.41, 5.74) is -1.53. The molecule has 1 aliphatic rings. The minimum Gasteiger partial charge on any atom is -0.394 e. The molecule has 7 nitrogen and oxygen atoms in total. The Kier molecular flexibility index (Phi) is 9.09. The van der Waals surface area contributed by atoms with Gasteiger partial charge in [0, 0.05) is 24.8 Å². The van der Waals surface area contributed by atoms with Gasteiger partial charge in [0.15, 0.2) is 0 Å². The van der Waals surface area contributed by atoms with E-state index >= 15 is 0 Å². The number of ether oxygens (including phenoxy) is 2. The van der Waals surface area contributed by atoms with Crippen molar-refractivity contribution in [3.05, 3.63) is 47.5 Å². The molecule has 0 saturated carbocycles. The van der Waals surface area contributed by atoms with Gasteiger partial charge in [-0.1, -0.05) is 18.2 Å². The molecule has 188 valence electrons. The topological polar surface area (TPSA) is 94.8 Å². The van der Waals surface area contributed by atoms with Crippen molar-refractivity contribution in [1.29, 1.82) is 5.26 Å². The Labute approximate surface area is 201 Å². The molecule has 1 aliphatic heterocycles. The molecular formula is C25H28F3N3O4. The Morgan fingerprint density at radius 1 is 1.14 bits per heavy atom. The Balaban J connectivity index is 1.77. The van der Waals surface area contributed by atoms with Crippen LogP contribution in [0.25, 0.3) is 16.3 Å². The maximum absolute atomic E-state index is 14.0. The summed E-state index contributed by atoms with van der Waals surface area (Å²) in [6.45, 7) is 3.49. The second-order valence-corrected chi connectivity index (χ2v) is 8.14. The van der Waals surface area contributed by atoms with E-state index in [9.17, 15) is 23.2 Å². The number of benzene rings is 2. The Bertz CT molecular complexity index is 1110. The Hall–Kier alpha value is -3.13. The fraction of sp³-hybridized carbons (Fsp3) is 0.440. The molecule has 0 radical (unpaired) electrons. The molecule has 0 bridgehead atoms. The molecule has 1 amide bonds. The number of allylic oxidation sites excluding steroid dienone is 1. The molecule has 10 heteroatoms. The summed E-state index contributed by atoms with van der Waals surface area (Å²) in [5, 5.41) is 21.7. The van der Waals surface area contributed by atoms with Gasteiger partial charge in [0.2, 0.25) is 0 Å². The molecule has 2 aromatic rings. The number of halogens is 3. The zero-order valence-electron chi connectivity index (χ0n) is 19.4. The molecule has 0 aromatic heterocycles. The van der Waals surface area contributed by atoms with Gasteiger partial charge in [-0.15, -0.1) is 0 Å². The van der Waals surface area contributed by atoms with Crippen molar-refractivity contribution in [2.75, 3.05) is 51.0 Å². The van der Waals surface area contributed by atoms with E-state index in [2.05, 4.69) is 17.1 Å². The number of nitrogens with one attached hydrogen (secondary N) is 1. The second kappa shape index (κ2) is 12.0. The summed E-state index contributed by atoms with van der Waals surface area (Å²) >= 11 is 0. The summed E-state index contributed by atoms with van der Waals surface area (Å²) in [6.07, 6.45) is -3.81. The third-order valence-electron chi connectivity index (χ3n) is 5.78. The van der Waals surface area contributed by atoms with Gasteiger partial charge < -0.3 is 24.8 Å². The number of amides is 1. The fourth-order valence-electron chi connectivity index (χ4n) is 3.85. The molecule has 3 rings (SSSR count). The van der Waals surface area contributed by atoms with E-state index in [-0.39, 0.29) is 45.1 Å². The van der Waals surface area contributed by atoms with Crippen LogP contribution in [0.1, 0.15) is 18.9 Å². The first-order valence-corrected chi connectivity index (χ1v) is 11.3. The molecular weight excluding hydrogens is 463 g/mol. The highest BCUT2D eigenvalue weighted by Crippen LogP contribution is 2.38. The molecule has 1 unspecified atom stereocenters. The van der Waals surface area contributed by atoms with Gasteiger partial charge in [-0.25, -0.2) is 0 Å². The Morgan fingerprint density at radius 2 is 1.83 bits per heavy atom. The highest BCUT2D eigenvalue weighted by Gasteiger charge is 2.39. The standard InChI is InChI=1S/C25H28F3N3O4/c1-17-6-8-31(17)21-5-4-18-14-20(3-2-19(18)15-21)23(25(26,27)28)22(16-29)24(33)30-7-10-34-12-13-35-11-9-32/h2-5,14-15,17,32H,6-13H2,1H3,(H,30,33)/b23-22-. The highest BCUT2D eigenvalue weighted by molar-refractivity contribution is 6.06. The lowest BCUT2D eigenvalue weighted by atomic mass is 9.95. The number of alkyl halides is 3. The largest absolute Gasteiger partial charge is 0.418 e. The maximum Gasteiger partial charge on any atom is 0.418 e. The van der Waals surface area contributed by atoms with Crippen molar-refractivity contribution >= 4 is 27.9 Å². The van der Waals surface area contributed by atoms with Crippen molar-refractivity contribution in [3.63, 3.8) is 0 Å². The number of carbonyl (C=O) groups excluding carboxylic acids is 1. The molecule has 2 N–H and O–H groups in total. The first kappa shape index (κ1) is 26.5. The lowest BCUT2D eigenvalue weighted by molar-refractivity contribution is -0.117. The maximum atomic E-state index is 14.0. The summed E-state index contributed by atoms with van der Waals surface area (Å²) in [4.78, 5) is 14.7. The lowest BCUT2D eigenvalue weighted by Gasteiger charge is -2.41. The average molecular weight is 492 g/mol. The summed E-state index contributed by atoms with van der Waals surface area (Å²) in [5.74, 6) is -1.12. The van der Waals surface area contributed by atoms with Crippen molar-refractivity contribution in [2.45, 2.75) is 25.6 Å². The summed E-state index contributed by atoms with van der Waals surface area (Å²) in [7, 11) is 0. The third-order valence-corrected chi connectivity index (χ3v) is 5.78. The molecule has 0 aliphatic carbocycles. The van der Waals surface area contributed by atoms with Crippen LogP contribution in [0.2, 0.25) is 0 Å². The van der Waals surface area contributed by atoms with Crippen LogP contribution in [0.15, 0.2) is 42.0 Å². The highest BCUT2D eigenvalue weighted by atomic mass is 19.4. The predicted molar refractivity (Wildman–Crippen MR) is 126 cm³/mol. The molecule has 2 aromatic carbocycles. The van der Waals surface area contributed by atoms with E-state index in [0.29, 0.717) is 11.4 Å².